The average molecular weight is 571 g/mol. The van der Waals surface area contributed by atoms with Gasteiger partial charge < -0.3 is 10.2 Å². The van der Waals surface area contributed by atoms with E-state index in [2.05, 4.69) is 26.1 Å². The van der Waals surface area contributed by atoms with Gasteiger partial charge >= 0.3 is 0 Å². The summed E-state index contributed by atoms with van der Waals surface area (Å²) in [5, 5.41) is 3.64. The van der Waals surface area contributed by atoms with Gasteiger partial charge in [0.15, 0.2) is 0 Å². The summed E-state index contributed by atoms with van der Waals surface area (Å²) >= 11 is 12.4. The first kappa shape index (κ1) is 30.9. The zero-order valence-electron chi connectivity index (χ0n) is 22.3. The maximum absolute atomic E-state index is 13.6. The summed E-state index contributed by atoms with van der Waals surface area (Å²) in [6, 6.07) is 11.1. The summed E-state index contributed by atoms with van der Waals surface area (Å²) < 4.78 is 26.5. The molecule has 2 aromatic rings. The summed E-state index contributed by atoms with van der Waals surface area (Å²) in [5.74, 6) is -0.859. The molecule has 204 valence electrons. The van der Waals surface area contributed by atoms with Crippen LogP contribution in [0.15, 0.2) is 42.5 Å². The minimum atomic E-state index is -3.80. The topological polar surface area (TPSA) is 86.8 Å². The van der Waals surface area contributed by atoms with Gasteiger partial charge in [-0.1, -0.05) is 75.5 Å². The molecule has 37 heavy (non-hydrogen) atoms. The molecular weight excluding hydrogens is 533 g/mol. The van der Waals surface area contributed by atoms with E-state index in [1.165, 1.54) is 4.90 Å². The summed E-state index contributed by atoms with van der Waals surface area (Å²) in [7, 11) is -3.80. The highest BCUT2D eigenvalue weighted by atomic mass is 35.5. The quantitative estimate of drug-likeness (QED) is 0.367. The van der Waals surface area contributed by atoms with Crippen LogP contribution in [0.2, 0.25) is 10.0 Å². The lowest BCUT2D eigenvalue weighted by molar-refractivity contribution is -0.139. The van der Waals surface area contributed by atoms with E-state index in [1.807, 2.05) is 19.1 Å². The molecule has 0 saturated carbocycles. The largest absolute Gasteiger partial charge is 0.354 e. The van der Waals surface area contributed by atoms with Crippen LogP contribution in [0.25, 0.3) is 0 Å². The molecule has 0 radical (unpaired) electrons. The Hall–Kier alpha value is -2.29. The molecule has 0 aliphatic carbocycles. The Bertz CT molecular complexity index is 1200. The summed E-state index contributed by atoms with van der Waals surface area (Å²) in [4.78, 5) is 27.9. The van der Waals surface area contributed by atoms with E-state index in [-0.39, 0.29) is 17.9 Å². The second-order valence-corrected chi connectivity index (χ2v) is 12.9. The number of rotatable bonds is 11. The van der Waals surface area contributed by atoms with E-state index < -0.39 is 28.5 Å². The molecular formula is C27H37Cl2N3O4S. The van der Waals surface area contributed by atoms with Crippen molar-refractivity contribution >= 4 is 50.7 Å². The van der Waals surface area contributed by atoms with Crippen LogP contribution in [0.1, 0.15) is 58.6 Å². The molecule has 0 fully saturated rings. The molecule has 0 bridgehead atoms. The number of sulfonamides is 1. The third-order valence-corrected chi connectivity index (χ3v) is 7.78. The molecule has 2 rings (SSSR count). The Labute approximate surface area is 231 Å². The van der Waals surface area contributed by atoms with Crippen LogP contribution in [0.4, 0.5) is 5.69 Å². The van der Waals surface area contributed by atoms with E-state index >= 15 is 0 Å². The highest BCUT2D eigenvalue weighted by molar-refractivity contribution is 7.92. The van der Waals surface area contributed by atoms with Gasteiger partial charge in [0.1, 0.15) is 12.6 Å². The second-order valence-electron chi connectivity index (χ2n) is 10.1. The van der Waals surface area contributed by atoms with Crippen molar-refractivity contribution in [3.63, 3.8) is 0 Å². The van der Waals surface area contributed by atoms with Crippen molar-refractivity contribution in [2.24, 2.45) is 0 Å². The van der Waals surface area contributed by atoms with E-state index in [9.17, 15) is 18.0 Å². The molecule has 1 N–H and O–H groups in total. The third kappa shape index (κ3) is 8.90. The lowest BCUT2D eigenvalue weighted by Gasteiger charge is -2.32. The van der Waals surface area contributed by atoms with Crippen molar-refractivity contribution in [3.8, 4) is 0 Å². The highest BCUT2D eigenvalue weighted by Crippen LogP contribution is 2.27. The fraction of sp³-hybridized carbons (Fsp3) is 0.481. The molecule has 0 aliphatic heterocycles. The molecule has 0 aliphatic rings. The summed E-state index contributed by atoms with van der Waals surface area (Å²) in [6.07, 6.45) is 2.77. The Morgan fingerprint density at radius 1 is 1.05 bits per heavy atom. The van der Waals surface area contributed by atoms with Crippen LogP contribution in [-0.2, 0) is 31.6 Å². The number of nitrogens with one attached hydrogen (secondary N) is 1. The number of anilines is 1. The molecule has 10 heteroatoms. The SMILES string of the molecule is CCCCNC(=O)C(C)N(Cc1ccc(Cl)cc1Cl)C(=O)CN(c1ccc(C(C)(C)C)cc1)S(C)(=O)=O. The number of amides is 2. The summed E-state index contributed by atoms with van der Waals surface area (Å²) in [5.41, 5.74) is 1.88. The number of carbonyl (C=O) groups excluding carboxylic acids is 2. The number of halogens is 2. The van der Waals surface area contributed by atoms with Crippen LogP contribution in [0, 0.1) is 0 Å². The number of benzene rings is 2. The van der Waals surface area contributed by atoms with Crippen molar-refractivity contribution in [1.82, 2.24) is 10.2 Å². The molecule has 1 atom stereocenters. The van der Waals surface area contributed by atoms with E-state index in [4.69, 9.17) is 23.2 Å². The van der Waals surface area contributed by atoms with Crippen molar-refractivity contribution in [2.45, 2.75) is 65.5 Å². The van der Waals surface area contributed by atoms with Gasteiger partial charge in [0.2, 0.25) is 21.8 Å². The van der Waals surface area contributed by atoms with E-state index in [0.717, 1.165) is 29.0 Å². The fourth-order valence-electron chi connectivity index (χ4n) is 3.69. The fourth-order valence-corrected chi connectivity index (χ4v) is 5.01. The molecule has 0 saturated heterocycles. The number of hydrogen-bond acceptors (Lipinski definition) is 4. The van der Waals surface area contributed by atoms with Crippen LogP contribution in [0.3, 0.4) is 0 Å². The van der Waals surface area contributed by atoms with Gasteiger partial charge in [0.05, 0.1) is 11.9 Å². The monoisotopic (exact) mass is 569 g/mol. The summed E-state index contributed by atoms with van der Waals surface area (Å²) in [6.45, 7) is 9.85. The molecule has 0 heterocycles. The Morgan fingerprint density at radius 3 is 2.19 bits per heavy atom. The van der Waals surface area contributed by atoms with Gasteiger partial charge in [-0.25, -0.2) is 8.42 Å². The second kappa shape index (κ2) is 13.0. The Balaban J connectivity index is 2.40. The number of unbranched alkanes of at least 4 members (excludes halogenated alkanes) is 1. The van der Waals surface area contributed by atoms with Gasteiger partial charge in [-0.15, -0.1) is 0 Å². The minimum absolute atomic E-state index is 0.0117. The molecule has 7 nitrogen and oxygen atoms in total. The maximum Gasteiger partial charge on any atom is 0.244 e. The van der Waals surface area contributed by atoms with E-state index in [0.29, 0.717) is 27.8 Å². The minimum Gasteiger partial charge on any atom is -0.354 e. The molecule has 0 aromatic heterocycles. The predicted octanol–water partition coefficient (Wildman–Crippen LogP) is 5.39. The molecule has 0 spiro atoms. The lowest BCUT2D eigenvalue weighted by atomic mass is 9.87. The van der Waals surface area contributed by atoms with Gasteiger partial charge in [-0.3, -0.25) is 13.9 Å². The van der Waals surface area contributed by atoms with Crippen LogP contribution < -0.4 is 9.62 Å². The number of nitrogens with zero attached hydrogens (tertiary/aromatic N) is 2. The Kier molecular flexibility index (Phi) is 10.9. The molecule has 2 amide bonds. The first-order chi connectivity index (χ1) is 17.1. The predicted molar refractivity (Wildman–Crippen MR) is 152 cm³/mol. The zero-order valence-corrected chi connectivity index (χ0v) is 24.7. The first-order valence-electron chi connectivity index (χ1n) is 12.2. The molecule has 2 aromatic carbocycles. The Morgan fingerprint density at radius 2 is 1.68 bits per heavy atom. The average Bonchev–Trinajstić information content (AvgIpc) is 2.80. The number of carbonyl (C=O) groups is 2. The smallest absolute Gasteiger partial charge is 0.244 e. The van der Waals surface area contributed by atoms with Crippen molar-refractivity contribution in [2.75, 3.05) is 23.7 Å². The first-order valence-corrected chi connectivity index (χ1v) is 14.8. The normalized spacial score (nSPS) is 12.6. The van der Waals surface area contributed by atoms with Crippen LogP contribution in [0.5, 0.6) is 0 Å². The van der Waals surface area contributed by atoms with Gasteiger partial charge in [0.25, 0.3) is 0 Å². The third-order valence-electron chi connectivity index (χ3n) is 6.05. The maximum atomic E-state index is 13.6. The van der Waals surface area contributed by atoms with Crippen LogP contribution in [-0.4, -0.2) is 50.5 Å². The highest BCUT2D eigenvalue weighted by Gasteiger charge is 2.30. The van der Waals surface area contributed by atoms with Crippen LogP contribution >= 0.6 is 23.2 Å². The standard InChI is InChI=1S/C27H37Cl2N3O4S/c1-7-8-15-30-26(34)19(2)31(17-20-9-12-22(28)16-24(20)29)25(33)18-32(37(6,35)36)23-13-10-21(11-14-23)27(3,4)5/h9-14,16,19H,7-8,15,17-18H2,1-6H3,(H,30,34). The van der Waals surface area contributed by atoms with Crippen molar-refractivity contribution in [1.29, 1.82) is 0 Å². The van der Waals surface area contributed by atoms with Crippen molar-refractivity contribution in [3.05, 3.63) is 63.6 Å². The van der Waals surface area contributed by atoms with Gasteiger partial charge in [-0.2, -0.15) is 0 Å². The van der Waals surface area contributed by atoms with Gasteiger partial charge in [-0.05, 0) is 54.2 Å². The van der Waals surface area contributed by atoms with E-state index in [1.54, 1.807) is 37.3 Å². The molecule has 1 unspecified atom stereocenters. The van der Waals surface area contributed by atoms with Crippen molar-refractivity contribution < 1.29 is 18.0 Å². The number of hydrogen-bond donors (Lipinski definition) is 1. The lowest BCUT2D eigenvalue weighted by Crippen LogP contribution is -2.51. The van der Waals surface area contributed by atoms with Gasteiger partial charge in [0, 0.05) is 23.1 Å². The zero-order chi connectivity index (χ0) is 28.0.